The number of halogens is 4. The number of rotatable bonds is 6. The average molecular weight is 467 g/mol. The van der Waals surface area contributed by atoms with Gasteiger partial charge in [0, 0.05) is 23.7 Å². The maximum Gasteiger partial charge on any atom is 0.259 e. The second-order valence-electron chi connectivity index (χ2n) is 8.24. The third-order valence-corrected chi connectivity index (χ3v) is 6.06. The molecular formula is C26H21F4N3O. The Morgan fingerprint density at radius 1 is 0.941 bits per heavy atom. The monoisotopic (exact) mass is 467 g/mol. The Bertz CT molecular complexity index is 1300. The predicted molar refractivity (Wildman–Crippen MR) is 120 cm³/mol. The first-order valence-electron chi connectivity index (χ1n) is 11.0. The molecule has 0 saturated carbocycles. The van der Waals surface area contributed by atoms with Crippen molar-refractivity contribution in [1.82, 2.24) is 14.9 Å². The fourth-order valence-corrected chi connectivity index (χ4v) is 4.52. The maximum absolute atomic E-state index is 14.3. The largest absolute Gasteiger partial charge is 0.453 e. The van der Waals surface area contributed by atoms with Crippen LogP contribution in [0.25, 0.3) is 10.9 Å². The molecule has 2 aromatic heterocycles. The van der Waals surface area contributed by atoms with Crippen molar-refractivity contribution in [3.63, 3.8) is 0 Å². The molecule has 8 heteroatoms. The summed E-state index contributed by atoms with van der Waals surface area (Å²) in [5.74, 6) is -1.47. The number of ether oxygens (including phenoxy) is 1. The van der Waals surface area contributed by atoms with E-state index in [4.69, 9.17) is 4.74 Å². The number of likely N-dealkylation sites (tertiary alicyclic amines) is 1. The minimum absolute atomic E-state index is 0.105. The maximum atomic E-state index is 14.3. The fourth-order valence-electron chi connectivity index (χ4n) is 4.52. The van der Waals surface area contributed by atoms with Crippen LogP contribution in [0.1, 0.15) is 36.2 Å². The van der Waals surface area contributed by atoms with E-state index in [0.717, 1.165) is 30.5 Å². The molecule has 0 radical (unpaired) electrons. The van der Waals surface area contributed by atoms with Crippen LogP contribution in [0.4, 0.5) is 17.6 Å². The summed E-state index contributed by atoms with van der Waals surface area (Å²) in [7, 11) is 0. The first kappa shape index (κ1) is 22.3. The number of alkyl halides is 2. The molecule has 4 nitrogen and oxygen atoms in total. The predicted octanol–water partition coefficient (Wildman–Crippen LogP) is 6.84. The van der Waals surface area contributed by atoms with Gasteiger partial charge in [0.1, 0.15) is 17.6 Å². The molecule has 0 bridgehead atoms. The van der Waals surface area contributed by atoms with Gasteiger partial charge in [-0.2, -0.15) is 0 Å². The minimum Gasteiger partial charge on any atom is -0.453 e. The van der Waals surface area contributed by atoms with Gasteiger partial charge in [0.15, 0.2) is 11.6 Å². The molecule has 1 aliphatic heterocycles. The van der Waals surface area contributed by atoms with Gasteiger partial charge in [-0.15, -0.1) is 0 Å². The highest BCUT2D eigenvalue weighted by Crippen LogP contribution is 2.41. The van der Waals surface area contributed by atoms with E-state index in [9.17, 15) is 17.6 Å². The number of pyridine rings is 2. The molecular weight excluding hydrogens is 446 g/mol. The van der Waals surface area contributed by atoms with Crippen LogP contribution >= 0.6 is 0 Å². The van der Waals surface area contributed by atoms with Crippen molar-refractivity contribution in [2.45, 2.75) is 31.4 Å². The van der Waals surface area contributed by atoms with Gasteiger partial charge in [-0.05, 0) is 49.2 Å². The lowest BCUT2D eigenvalue weighted by molar-refractivity contribution is 0.0147. The Morgan fingerprint density at radius 2 is 1.76 bits per heavy atom. The summed E-state index contributed by atoms with van der Waals surface area (Å²) in [6, 6.07) is 14.5. The molecule has 0 aliphatic carbocycles. The molecule has 2 unspecified atom stereocenters. The molecule has 1 saturated heterocycles. The van der Waals surface area contributed by atoms with Crippen LogP contribution in [-0.4, -0.2) is 27.8 Å². The summed E-state index contributed by atoms with van der Waals surface area (Å²) >= 11 is 0. The van der Waals surface area contributed by atoms with Crippen LogP contribution in [0, 0.1) is 11.6 Å². The Labute approximate surface area is 193 Å². The van der Waals surface area contributed by atoms with Crippen molar-refractivity contribution >= 4 is 10.9 Å². The van der Waals surface area contributed by atoms with Crippen LogP contribution in [-0.2, 0) is 0 Å². The Hall–Kier alpha value is -3.52. The standard InChI is InChI=1S/C26H21F4N3O/c27-18-8-9-24(20(28)12-18)34-19-11-17-14-31-22(13-21(17)32-15-19)25(26(29)30)33-10-4-7-23(33)16-5-2-1-3-6-16/h1-3,5-6,8-9,11-15,23,25-26H,4,7,10H2. The Morgan fingerprint density at radius 3 is 2.53 bits per heavy atom. The molecule has 3 heterocycles. The SMILES string of the molecule is Fc1ccc(Oc2cnc3cc(C(C(F)F)N4CCCC4c4ccccc4)ncc3c2)c(F)c1. The first-order valence-corrected chi connectivity index (χ1v) is 11.0. The van der Waals surface area contributed by atoms with Gasteiger partial charge in [-0.25, -0.2) is 17.6 Å². The number of fused-ring (bicyclic) bond motifs is 1. The molecule has 174 valence electrons. The van der Waals surface area contributed by atoms with E-state index in [-0.39, 0.29) is 23.2 Å². The number of nitrogens with zero attached hydrogens (tertiary/aromatic N) is 3. The van der Waals surface area contributed by atoms with Gasteiger partial charge in [0.05, 0.1) is 17.4 Å². The van der Waals surface area contributed by atoms with Crippen molar-refractivity contribution in [3.05, 3.63) is 95.9 Å². The first-order chi connectivity index (χ1) is 16.5. The number of benzene rings is 2. The van der Waals surface area contributed by atoms with Gasteiger partial charge in [0.2, 0.25) is 0 Å². The molecule has 1 aliphatic rings. The van der Waals surface area contributed by atoms with Gasteiger partial charge in [0.25, 0.3) is 6.43 Å². The zero-order valence-corrected chi connectivity index (χ0v) is 18.0. The average Bonchev–Trinajstić information content (AvgIpc) is 3.30. The molecule has 5 rings (SSSR count). The van der Waals surface area contributed by atoms with Gasteiger partial charge in [-0.1, -0.05) is 30.3 Å². The van der Waals surface area contributed by atoms with E-state index in [1.807, 2.05) is 35.2 Å². The molecule has 0 spiro atoms. The van der Waals surface area contributed by atoms with E-state index in [2.05, 4.69) is 9.97 Å². The molecule has 1 fully saturated rings. The fraction of sp³-hybridized carbons (Fsp3) is 0.231. The molecule has 2 atom stereocenters. The van der Waals surface area contributed by atoms with E-state index in [1.54, 1.807) is 12.1 Å². The second-order valence-corrected chi connectivity index (χ2v) is 8.24. The normalized spacial score (nSPS) is 17.4. The number of hydrogen-bond donors (Lipinski definition) is 0. The summed E-state index contributed by atoms with van der Waals surface area (Å²) in [5.41, 5.74) is 1.73. The van der Waals surface area contributed by atoms with Crippen molar-refractivity contribution in [2.75, 3.05) is 6.54 Å². The summed E-state index contributed by atoms with van der Waals surface area (Å²) in [5, 5.41) is 0.554. The molecule has 34 heavy (non-hydrogen) atoms. The lowest BCUT2D eigenvalue weighted by Crippen LogP contribution is -2.33. The summed E-state index contributed by atoms with van der Waals surface area (Å²) in [6.45, 7) is 0.553. The Balaban J connectivity index is 1.43. The van der Waals surface area contributed by atoms with E-state index in [0.29, 0.717) is 17.4 Å². The van der Waals surface area contributed by atoms with Crippen LogP contribution in [0.5, 0.6) is 11.5 Å². The highest BCUT2D eigenvalue weighted by atomic mass is 19.3. The van der Waals surface area contributed by atoms with Gasteiger partial charge < -0.3 is 4.74 Å². The Kier molecular flexibility index (Phi) is 6.15. The third kappa shape index (κ3) is 4.46. The summed E-state index contributed by atoms with van der Waals surface area (Å²) < 4.78 is 61.1. The highest BCUT2D eigenvalue weighted by Gasteiger charge is 2.38. The van der Waals surface area contributed by atoms with E-state index in [1.165, 1.54) is 18.5 Å². The van der Waals surface area contributed by atoms with Crippen molar-refractivity contribution in [1.29, 1.82) is 0 Å². The van der Waals surface area contributed by atoms with Crippen LogP contribution in [0.2, 0.25) is 0 Å². The highest BCUT2D eigenvalue weighted by molar-refractivity contribution is 5.79. The van der Waals surface area contributed by atoms with Crippen molar-refractivity contribution in [2.24, 2.45) is 0 Å². The minimum atomic E-state index is -2.63. The lowest BCUT2D eigenvalue weighted by atomic mass is 10.0. The topological polar surface area (TPSA) is 38.2 Å². The lowest BCUT2D eigenvalue weighted by Gasteiger charge is -2.32. The quantitative estimate of drug-likeness (QED) is 0.291. The van der Waals surface area contributed by atoms with Crippen LogP contribution in [0.3, 0.4) is 0 Å². The molecule has 2 aromatic carbocycles. The number of hydrogen-bond acceptors (Lipinski definition) is 4. The van der Waals surface area contributed by atoms with Crippen LogP contribution in [0.15, 0.2) is 73.1 Å². The van der Waals surface area contributed by atoms with Gasteiger partial charge in [-0.3, -0.25) is 14.9 Å². The molecule has 0 amide bonds. The zero-order valence-electron chi connectivity index (χ0n) is 18.0. The van der Waals surface area contributed by atoms with Crippen molar-refractivity contribution in [3.8, 4) is 11.5 Å². The molecule has 0 N–H and O–H groups in total. The smallest absolute Gasteiger partial charge is 0.259 e. The van der Waals surface area contributed by atoms with E-state index >= 15 is 0 Å². The second kappa shape index (κ2) is 9.38. The van der Waals surface area contributed by atoms with Gasteiger partial charge >= 0.3 is 0 Å². The number of aromatic nitrogens is 2. The molecule has 4 aromatic rings. The summed E-state index contributed by atoms with van der Waals surface area (Å²) in [6.07, 6.45) is 1.84. The van der Waals surface area contributed by atoms with Crippen LogP contribution < -0.4 is 4.74 Å². The summed E-state index contributed by atoms with van der Waals surface area (Å²) in [4.78, 5) is 10.5. The zero-order chi connectivity index (χ0) is 23.7. The van der Waals surface area contributed by atoms with E-state index < -0.39 is 24.1 Å². The third-order valence-electron chi connectivity index (χ3n) is 6.06. The van der Waals surface area contributed by atoms with Crippen molar-refractivity contribution < 1.29 is 22.3 Å².